The van der Waals surface area contributed by atoms with Gasteiger partial charge >= 0.3 is 5.69 Å². The molecule has 0 radical (unpaired) electrons. The zero-order chi connectivity index (χ0) is 15.5. The van der Waals surface area contributed by atoms with Crippen molar-refractivity contribution in [3.63, 3.8) is 0 Å². The number of nitriles is 1. The highest BCUT2D eigenvalue weighted by Crippen LogP contribution is 2.35. The van der Waals surface area contributed by atoms with Gasteiger partial charge in [0.05, 0.1) is 16.9 Å². The molecule has 0 aromatic carbocycles. The van der Waals surface area contributed by atoms with Crippen molar-refractivity contribution < 1.29 is 13.3 Å². The minimum Gasteiger partial charge on any atom is -0.385 e. The topological polar surface area (TPSA) is 130 Å². The molecular formula is C10H14N4O4S2. The first-order valence-electron chi connectivity index (χ1n) is 5.67. The summed E-state index contributed by atoms with van der Waals surface area (Å²) in [4.78, 5) is 9.98. The number of nitro groups is 1. The summed E-state index contributed by atoms with van der Waals surface area (Å²) in [7, 11) is -3.88. The molecule has 0 fully saturated rings. The van der Waals surface area contributed by atoms with E-state index in [9.17, 15) is 18.5 Å². The molecule has 0 aliphatic rings. The van der Waals surface area contributed by atoms with Crippen LogP contribution in [0.1, 0.15) is 13.8 Å². The third-order valence-corrected chi connectivity index (χ3v) is 5.90. The van der Waals surface area contributed by atoms with Crippen LogP contribution in [0.5, 0.6) is 0 Å². The Balaban J connectivity index is 3.18. The molecule has 8 nitrogen and oxygen atoms in total. The Bertz CT molecular complexity index is 647. The van der Waals surface area contributed by atoms with Crippen molar-refractivity contribution in [1.29, 1.82) is 5.26 Å². The standard InChI is InChI=1S/C10H14N4O4S2/c1-3-13(6-7(2)5-11)20(17,18)9-4-8(14(15)16)10(12)19-9/h4,7H,3,6,12H2,1-2H3. The van der Waals surface area contributed by atoms with Gasteiger partial charge in [0.2, 0.25) is 0 Å². The van der Waals surface area contributed by atoms with Gasteiger partial charge in [0.15, 0.2) is 5.00 Å². The lowest BCUT2D eigenvalue weighted by molar-refractivity contribution is -0.383. The van der Waals surface area contributed by atoms with Crippen LogP contribution in [0.3, 0.4) is 0 Å². The molecule has 0 saturated heterocycles. The average Bonchev–Trinajstić information content (AvgIpc) is 2.78. The highest BCUT2D eigenvalue weighted by molar-refractivity contribution is 7.91. The smallest absolute Gasteiger partial charge is 0.304 e. The number of hydrogen-bond acceptors (Lipinski definition) is 7. The highest BCUT2D eigenvalue weighted by atomic mass is 32.2. The molecule has 0 spiro atoms. The summed E-state index contributed by atoms with van der Waals surface area (Å²) in [5.74, 6) is -0.475. The van der Waals surface area contributed by atoms with E-state index in [1.807, 2.05) is 6.07 Å². The Hall–Kier alpha value is -1.70. The van der Waals surface area contributed by atoms with Gasteiger partial charge in [0, 0.05) is 19.2 Å². The summed E-state index contributed by atoms with van der Waals surface area (Å²) < 4.78 is 25.6. The van der Waals surface area contributed by atoms with E-state index in [2.05, 4.69) is 0 Å². The number of sulfonamides is 1. The van der Waals surface area contributed by atoms with E-state index < -0.39 is 26.6 Å². The Morgan fingerprint density at radius 2 is 2.25 bits per heavy atom. The molecule has 0 aliphatic carbocycles. The normalized spacial score (nSPS) is 13.1. The van der Waals surface area contributed by atoms with Gasteiger partial charge in [-0.25, -0.2) is 8.42 Å². The second-order valence-corrected chi connectivity index (χ2v) is 7.31. The summed E-state index contributed by atoms with van der Waals surface area (Å²) in [6.45, 7) is 3.43. The van der Waals surface area contributed by atoms with Crippen LogP contribution in [0.15, 0.2) is 10.3 Å². The summed E-state index contributed by atoms with van der Waals surface area (Å²) in [5, 5.41) is 19.3. The van der Waals surface area contributed by atoms with Crippen LogP contribution in [0.4, 0.5) is 10.7 Å². The van der Waals surface area contributed by atoms with Crippen molar-refractivity contribution >= 4 is 32.0 Å². The Labute approximate surface area is 120 Å². The fourth-order valence-electron chi connectivity index (χ4n) is 1.51. The molecule has 1 unspecified atom stereocenters. The molecule has 110 valence electrons. The Morgan fingerprint density at radius 1 is 1.65 bits per heavy atom. The third-order valence-electron chi connectivity index (χ3n) is 2.56. The van der Waals surface area contributed by atoms with Crippen LogP contribution < -0.4 is 5.73 Å². The molecule has 2 N–H and O–H groups in total. The SMILES string of the molecule is CCN(CC(C)C#N)S(=O)(=O)c1cc([N+](=O)[O-])c(N)s1. The minimum absolute atomic E-state index is 0.0287. The fraction of sp³-hybridized carbons (Fsp3) is 0.500. The van der Waals surface area contributed by atoms with Crippen LogP contribution >= 0.6 is 11.3 Å². The van der Waals surface area contributed by atoms with Gasteiger partial charge in [-0.2, -0.15) is 9.57 Å². The van der Waals surface area contributed by atoms with Gasteiger partial charge in [-0.1, -0.05) is 18.3 Å². The van der Waals surface area contributed by atoms with Crippen LogP contribution in [-0.2, 0) is 10.0 Å². The zero-order valence-electron chi connectivity index (χ0n) is 10.9. The van der Waals surface area contributed by atoms with E-state index in [1.165, 1.54) is 0 Å². The van der Waals surface area contributed by atoms with E-state index >= 15 is 0 Å². The molecule has 0 bridgehead atoms. The van der Waals surface area contributed by atoms with Gasteiger partial charge < -0.3 is 5.73 Å². The summed E-state index contributed by atoms with van der Waals surface area (Å²) in [6, 6.07) is 2.91. The molecule has 1 heterocycles. The van der Waals surface area contributed by atoms with Crippen molar-refractivity contribution in [3.8, 4) is 6.07 Å². The number of anilines is 1. The van der Waals surface area contributed by atoms with Crippen molar-refractivity contribution in [2.24, 2.45) is 5.92 Å². The predicted molar refractivity (Wildman–Crippen MR) is 74.6 cm³/mol. The lowest BCUT2D eigenvalue weighted by atomic mass is 10.2. The molecule has 1 atom stereocenters. The number of rotatable bonds is 6. The largest absolute Gasteiger partial charge is 0.385 e. The van der Waals surface area contributed by atoms with Gasteiger partial charge in [0.25, 0.3) is 10.0 Å². The lowest BCUT2D eigenvalue weighted by Gasteiger charge is -2.20. The van der Waals surface area contributed by atoms with Crippen molar-refractivity contribution in [2.75, 3.05) is 18.8 Å². The van der Waals surface area contributed by atoms with E-state index in [1.54, 1.807) is 13.8 Å². The Kier molecular flexibility index (Phi) is 5.04. The summed E-state index contributed by atoms with van der Waals surface area (Å²) in [6.07, 6.45) is 0. The maximum absolute atomic E-state index is 12.4. The van der Waals surface area contributed by atoms with E-state index in [0.717, 1.165) is 10.4 Å². The molecule has 1 rings (SSSR count). The quantitative estimate of drug-likeness (QED) is 0.623. The molecule has 0 aliphatic heterocycles. The maximum Gasteiger partial charge on any atom is 0.304 e. The van der Waals surface area contributed by atoms with E-state index in [-0.39, 0.29) is 22.3 Å². The van der Waals surface area contributed by atoms with Crippen molar-refractivity contribution in [3.05, 3.63) is 16.2 Å². The fourth-order valence-corrected chi connectivity index (χ4v) is 4.42. The number of nitrogen functional groups attached to an aromatic ring is 1. The molecule has 0 amide bonds. The third kappa shape index (κ3) is 3.24. The minimum atomic E-state index is -3.88. The van der Waals surface area contributed by atoms with Gasteiger partial charge in [-0.3, -0.25) is 10.1 Å². The van der Waals surface area contributed by atoms with Crippen LogP contribution in [-0.4, -0.2) is 30.7 Å². The number of nitrogens with two attached hydrogens (primary N) is 1. The first-order chi connectivity index (χ1) is 9.23. The van der Waals surface area contributed by atoms with Gasteiger partial charge in [-0.05, 0) is 6.92 Å². The molecule has 10 heteroatoms. The zero-order valence-corrected chi connectivity index (χ0v) is 12.6. The molecule has 1 aromatic rings. The second-order valence-electron chi connectivity index (χ2n) is 4.06. The second kappa shape index (κ2) is 6.17. The first kappa shape index (κ1) is 16.4. The van der Waals surface area contributed by atoms with Crippen LogP contribution in [0, 0.1) is 27.4 Å². The van der Waals surface area contributed by atoms with Crippen molar-refractivity contribution in [2.45, 2.75) is 18.1 Å². The first-order valence-corrected chi connectivity index (χ1v) is 7.93. The lowest BCUT2D eigenvalue weighted by Crippen LogP contribution is -2.33. The molecule has 1 aromatic heterocycles. The molecule has 20 heavy (non-hydrogen) atoms. The Morgan fingerprint density at radius 3 is 2.65 bits per heavy atom. The predicted octanol–water partition coefficient (Wildman–Crippen LogP) is 1.41. The molecule has 0 saturated carbocycles. The summed E-state index contributed by atoms with van der Waals surface area (Å²) in [5.41, 5.74) is 5.03. The van der Waals surface area contributed by atoms with Gasteiger partial charge in [-0.15, -0.1) is 0 Å². The van der Waals surface area contributed by atoms with E-state index in [4.69, 9.17) is 11.0 Å². The summed E-state index contributed by atoms with van der Waals surface area (Å²) >= 11 is 0.652. The van der Waals surface area contributed by atoms with Crippen LogP contribution in [0.2, 0.25) is 0 Å². The number of nitrogens with zero attached hydrogens (tertiary/aromatic N) is 3. The van der Waals surface area contributed by atoms with Crippen molar-refractivity contribution in [1.82, 2.24) is 4.31 Å². The van der Waals surface area contributed by atoms with Crippen LogP contribution in [0.25, 0.3) is 0 Å². The molecular weight excluding hydrogens is 304 g/mol. The highest BCUT2D eigenvalue weighted by Gasteiger charge is 2.30. The monoisotopic (exact) mass is 318 g/mol. The maximum atomic E-state index is 12.4. The average molecular weight is 318 g/mol. The number of thiophene rings is 1. The van der Waals surface area contributed by atoms with E-state index in [0.29, 0.717) is 11.3 Å². The number of hydrogen-bond donors (Lipinski definition) is 1. The van der Waals surface area contributed by atoms with Gasteiger partial charge in [0.1, 0.15) is 4.21 Å².